The molecule has 2 spiro atoms. The number of nitrogens with zero attached hydrogens (tertiary/aromatic N) is 1. The molecule has 1 saturated heterocycles. The lowest BCUT2D eigenvalue weighted by Gasteiger charge is -2.33. The molecule has 5 rings (SSSR count). The smallest absolute Gasteiger partial charge is 0.310 e. The lowest BCUT2D eigenvalue weighted by Crippen LogP contribution is -2.37. The average Bonchev–Trinajstić information content (AvgIpc) is 3.48. The maximum absolute atomic E-state index is 12.8. The van der Waals surface area contributed by atoms with Gasteiger partial charge in [-0.25, -0.2) is 0 Å². The number of esters is 1. The molecule has 5 atom stereocenters. The van der Waals surface area contributed by atoms with Crippen LogP contribution in [0.2, 0.25) is 0 Å². The van der Waals surface area contributed by atoms with Gasteiger partial charge in [0.1, 0.15) is 6.10 Å². The van der Waals surface area contributed by atoms with E-state index in [1.807, 2.05) is 0 Å². The first-order chi connectivity index (χ1) is 12.1. The zero-order valence-electron chi connectivity index (χ0n) is 16.1. The van der Waals surface area contributed by atoms with Crippen LogP contribution in [-0.2, 0) is 9.53 Å². The third-order valence-corrected chi connectivity index (χ3v) is 8.89. The van der Waals surface area contributed by atoms with Crippen molar-refractivity contribution in [1.29, 1.82) is 0 Å². The van der Waals surface area contributed by atoms with Gasteiger partial charge in [0, 0.05) is 18.4 Å². The zero-order valence-corrected chi connectivity index (χ0v) is 16.1. The predicted molar refractivity (Wildman–Crippen MR) is 98.0 cm³/mol. The van der Waals surface area contributed by atoms with Gasteiger partial charge >= 0.3 is 5.97 Å². The molecule has 0 unspecified atom stereocenters. The number of hydrogen-bond acceptors (Lipinski definition) is 3. The first kappa shape index (κ1) is 16.6. The normalized spacial score (nSPS) is 42.4. The molecular formula is C22H35NO2. The molecule has 0 aromatic carbocycles. The molecule has 3 heteroatoms. The maximum Gasteiger partial charge on any atom is 0.310 e. The van der Waals surface area contributed by atoms with Gasteiger partial charge in [0.25, 0.3) is 0 Å². The fraction of sp³-hybridized carbons (Fsp3) is 0.955. The van der Waals surface area contributed by atoms with E-state index in [0.29, 0.717) is 22.7 Å². The van der Waals surface area contributed by atoms with Gasteiger partial charge in [0.15, 0.2) is 0 Å². The molecule has 140 valence electrons. The van der Waals surface area contributed by atoms with Crippen molar-refractivity contribution in [3.63, 3.8) is 0 Å². The highest BCUT2D eigenvalue weighted by molar-refractivity contribution is 5.75. The van der Waals surface area contributed by atoms with E-state index in [1.54, 1.807) is 0 Å². The molecule has 1 aliphatic heterocycles. The van der Waals surface area contributed by atoms with Gasteiger partial charge in [-0.3, -0.25) is 4.79 Å². The van der Waals surface area contributed by atoms with E-state index in [-0.39, 0.29) is 18.0 Å². The summed E-state index contributed by atoms with van der Waals surface area (Å²) >= 11 is 0. The van der Waals surface area contributed by atoms with Crippen LogP contribution in [0.3, 0.4) is 0 Å². The summed E-state index contributed by atoms with van der Waals surface area (Å²) in [5.41, 5.74) is 1.24. The molecule has 5 aliphatic rings. The Kier molecular flexibility index (Phi) is 3.79. The Bertz CT molecular complexity index is 550. The first-order valence-electron chi connectivity index (χ1n) is 11.0. The van der Waals surface area contributed by atoms with E-state index < -0.39 is 0 Å². The number of hydrogen-bond donors (Lipinski definition) is 0. The van der Waals surface area contributed by atoms with E-state index in [4.69, 9.17) is 4.74 Å². The van der Waals surface area contributed by atoms with Crippen LogP contribution in [0.5, 0.6) is 0 Å². The summed E-state index contributed by atoms with van der Waals surface area (Å²) in [6.07, 6.45) is 13.9. The molecule has 0 aromatic rings. The van der Waals surface area contributed by atoms with Crippen molar-refractivity contribution in [1.82, 2.24) is 4.90 Å². The van der Waals surface area contributed by atoms with Crippen molar-refractivity contribution in [3.8, 4) is 0 Å². The lowest BCUT2D eigenvalue weighted by atomic mass is 9.73. The minimum Gasteiger partial charge on any atom is -0.461 e. The predicted octanol–water partition coefficient (Wildman–Crippen LogP) is 4.26. The minimum atomic E-state index is 0.131. The molecule has 0 amide bonds. The van der Waals surface area contributed by atoms with Crippen LogP contribution in [0.15, 0.2) is 0 Å². The number of ether oxygens (including phenoxy) is 1. The fourth-order valence-electron chi connectivity index (χ4n) is 7.13. The van der Waals surface area contributed by atoms with Gasteiger partial charge < -0.3 is 9.64 Å². The highest BCUT2D eigenvalue weighted by atomic mass is 16.6. The molecule has 5 fully saturated rings. The van der Waals surface area contributed by atoms with Crippen LogP contribution < -0.4 is 0 Å². The topological polar surface area (TPSA) is 29.5 Å². The Morgan fingerprint density at radius 3 is 2.48 bits per heavy atom. The Morgan fingerprint density at radius 2 is 1.80 bits per heavy atom. The van der Waals surface area contributed by atoms with Crippen molar-refractivity contribution >= 4 is 5.97 Å². The van der Waals surface area contributed by atoms with Gasteiger partial charge in [-0.2, -0.15) is 0 Å². The molecular weight excluding hydrogens is 310 g/mol. The summed E-state index contributed by atoms with van der Waals surface area (Å²) in [4.78, 5) is 15.2. The van der Waals surface area contributed by atoms with E-state index in [0.717, 1.165) is 19.0 Å². The van der Waals surface area contributed by atoms with Crippen molar-refractivity contribution in [2.45, 2.75) is 77.2 Å². The van der Waals surface area contributed by atoms with Gasteiger partial charge in [-0.05, 0) is 88.1 Å². The van der Waals surface area contributed by atoms with Crippen LogP contribution in [-0.4, -0.2) is 37.1 Å². The number of fused-ring (bicyclic) bond motifs is 5. The third-order valence-electron chi connectivity index (χ3n) is 8.89. The highest BCUT2D eigenvalue weighted by Gasteiger charge is 2.69. The molecule has 3 nitrogen and oxygen atoms in total. The van der Waals surface area contributed by atoms with Gasteiger partial charge in [-0.1, -0.05) is 13.3 Å². The first-order valence-corrected chi connectivity index (χ1v) is 11.0. The lowest BCUT2D eigenvalue weighted by molar-refractivity contribution is -0.147. The SMILES string of the molecule is CCCCN(C)C[C@@H]1C(=O)O[C@H]2[C@H]1CCC1(CC1)[C@@H]1CCC3(CC3)[C@H]21. The molecule has 25 heavy (non-hydrogen) atoms. The Balaban J connectivity index is 1.39. The van der Waals surface area contributed by atoms with E-state index in [2.05, 4.69) is 18.9 Å². The molecule has 4 aliphatic carbocycles. The van der Waals surface area contributed by atoms with Crippen LogP contribution in [0, 0.1) is 34.5 Å². The van der Waals surface area contributed by atoms with E-state index in [1.165, 1.54) is 64.2 Å². The van der Waals surface area contributed by atoms with Crippen molar-refractivity contribution in [2.75, 3.05) is 20.1 Å². The van der Waals surface area contributed by atoms with E-state index >= 15 is 0 Å². The summed E-state index contributed by atoms with van der Waals surface area (Å²) in [5.74, 6) is 2.34. The summed E-state index contributed by atoms with van der Waals surface area (Å²) in [6, 6.07) is 0. The van der Waals surface area contributed by atoms with Crippen molar-refractivity contribution < 1.29 is 9.53 Å². The third kappa shape index (κ3) is 2.51. The molecule has 4 saturated carbocycles. The van der Waals surface area contributed by atoms with E-state index in [9.17, 15) is 4.79 Å². The van der Waals surface area contributed by atoms with Gasteiger partial charge in [-0.15, -0.1) is 0 Å². The standard InChI is InChI=1S/C22H35NO2/c1-3-4-13-23(2)14-16-15-5-7-21(9-10-21)17-6-8-22(11-12-22)18(17)19(15)25-20(16)24/h15-19H,3-14H2,1-2H3/t15-,16-,17+,18-,19-/m0/s1. The fourth-order valence-corrected chi connectivity index (χ4v) is 7.13. The minimum absolute atomic E-state index is 0.131. The summed E-state index contributed by atoms with van der Waals surface area (Å²) in [7, 11) is 2.19. The number of carbonyl (C=O) groups is 1. The monoisotopic (exact) mass is 345 g/mol. The summed E-state index contributed by atoms with van der Waals surface area (Å²) in [6.45, 7) is 4.26. The van der Waals surface area contributed by atoms with Crippen LogP contribution in [0.4, 0.5) is 0 Å². The second kappa shape index (κ2) is 5.71. The quantitative estimate of drug-likeness (QED) is 0.697. The number of carbonyl (C=O) groups excluding carboxylic acids is 1. The van der Waals surface area contributed by atoms with Crippen molar-refractivity contribution in [2.24, 2.45) is 34.5 Å². The van der Waals surface area contributed by atoms with Gasteiger partial charge in [0.2, 0.25) is 0 Å². The number of unbranched alkanes of at least 4 members (excludes halogenated alkanes) is 1. The second-order valence-corrected chi connectivity index (χ2v) is 10.2. The van der Waals surface area contributed by atoms with Crippen LogP contribution in [0.25, 0.3) is 0 Å². The highest BCUT2D eigenvalue weighted by Crippen LogP contribution is 2.74. The number of rotatable bonds is 5. The largest absolute Gasteiger partial charge is 0.461 e. The maximum atomic E-state index is 12.8. The molecule has 0 bridgehead atoms. The van der Waals surface area contributed by atoms with Crippen molar-refractivity contribution in [3.05, 3.63) is 0 Å². The molecule has 0 aromatic heterocycles. The molecule has 0 radical (unpaired) electrons. The van der Waals surface area contributed by atoms with Gasteiger partial charge in [0.05, 0.1) is 5.92 Å². The Hall–Kier alpha value is -0.570. The summed E-state index contributed by atoms with van der Waals surface area (Å²) < 4.78 is 6.21. The molecule has 1 heterocycles. The Labute approximate surface area is 152 Å². The summed E-state index contributed by atoms with van der Waals surface area (Å²) in [5, 5.41) is 0. The average molecular weight is 346 g/mol. The Morgan fingerprint density at radius 1 is 1.08 bits per heavy atom. The van der Waals surface area contributed by atoms with Crippen LogP contribution >= 0.6 is 0 Å². The van der Waals surface area contributed by atoms with Crippen LogP contribution in [0.1, 0.15) is 71.1 Å². The molecule has 0 N–H and O–H groups in total. The second-order valence-electron chi connectivity index (χ2n) is 10.2. The zero-order chi connectivity index (χ0) is 17.2.